The van der Waals surface area contributed by atoms with Crippen molar-refractivity contribution < 1.29 is 38.0 Å². The van der Waals surface area contributed by atoms with Crippen LogP contribution in [0.5, 0.6) is 34.5 Å². The average molecular weight is 526 g/mol. The summed E-state index contributed by atoms with van der Waals surface area (Å²) in [6.07, 6.45) is -0.0707. The molecule has 0 unspecified atom stereocenters. The Balaban J connectivity index is 2.11. The van der Waals surface area contributed by atoms with Crippen LogP contribution in [0.15, 0.2) is 24.3 Å². The Morgan fingerprint density at radius 1 is 0.842 bits per heavy atom. The SMILES string of the molecule is CCOC(=O)Oc1c(-c2cc(OC)c(OC)c(OC)c2)c(C)n2c1-c1cc(OC)c(OC)cc1CC2(C)C. The second-order valence-electron chi connectivity index (χ2n) is 9.53. The van der Waals surface area contributed by atoms with E-state index >= 15 is 0 Å². The van der Waals surface area contributed by atoms with Crippen molar-refractivity contribution in [1.29, 1.82) is 0 Å². The first kappa shape index (κ1) is 27.0. The number of methoxy groups -OCH3 is 5. The van der Waals surface area contributed by atoms with Crippen molar-refractivity contribution in [2.45, 2.75) is 39.7 Å². The number of aromatic nitrogens is 1. The predicted octanol–water partition coefficient (Wildman–Crippen LogP) is 6.00. The van der Waals surface area contributed by atoms with Gasteiger partial charge in [0, 0.05) is 22.4 Å². The summed E-state index contributed by atoms with van der Waals surface area (Å²) in [7, 11) is 7.89. The summed E-state index contributed by atoms with van der Waals surface area (Å²) < 4.78 is 41.4. The number of carbonyl (C=O) groups excluding carboxylic acids is 1. The minimum atomic E-state index is -0.792. The van der Waals surface area contributed by atoms with E-state index in [1.165, 1.54) is 0 Å². The van der Waals surface area contributed by atoms with Crippen LogP contribution < -0.4 is 28.4 Å². The lowest BCUT2D eigenvalue weighted by Gasteiger charge is -2.36. The first-order chi connectivity index (χ1) is 18.1. The second kappa shape index (κ2) is 10.4. The van der Waals surface area contributed by atoms with Gasteiger partial charge in [-0.2, -0.15) is 0 Å². The summed E-state index contributed by atoms with van der Waals surface area (Å²) in [4.78, 5) is 12.8. The Morgan fingerprint density at radius 3 is 1.95 bits per heavy atom. The molecule has 2 heterocycles. The van der Waals surface area contributed by atoms with Crippen LogP contribution in [0.25, 0.3) is 22.4 Å². The van der Waals surface area contributed by atoms with Crippen molar-refractivity contribution in [2.75, 3.05) is 42.2 Å². The van der Waals surface area contributed by atoms with Crippen LogP contribution >= 0.6 is 0 Å². The molecular formula is C29H35NO8. The maximum absolute atomic E-state index is 12.8. The zero-order chi connectivity index (χ0) is 27.8. The topological polar surface area (TPSA) is 86.6 Å². The Hall–Kier alpha value is -4.01. The van der Waals surface area contributed by atoms with Gasteiger partial charge in [-0.3, -0.25) is 0 Å². The van der Waals surface area contributed by atoms with Gasteiger partial charge in [-0.1, -0.05) is 0 Å². The van der Waals surface area contributed by atoms with Crippen molar-refractivity contribution in [1.82, 2.24) is 4.57 Å². The van der Waals surface area contributed by atoms with Gasteiger partial charge in [-0.05, 0) is 69.5 Å². The largest absolute Gasteiger partial charge is 0.513 e. The molecule has 0 saturated carbocycles. The Bertz CT molecular complexity index is 1350. The number of nitrogens with zero attached hydrogens (tertiary/aromatic N) is 1. The van der Waals surface area contributed by atoms with E-state index in [2.05, 4.69) is 18.4 Å². The van der Waals surface area contributed by atoms with E-state index in [0.29, 0.717) is 40.1 Å². The summed E-state index contributed by atoms with van der Waals surface area (Å²) in [5, 5.41) is 0. The number of ether oxygens (including phenoxy) is 7. The molecule has 0 bridgehead atoms. The molecule has 2 aromatic carbocycles. The molecule has 0 spiro atoms. The van der Waals surface area contributed by atoms with Crippen molar-refractivity contribution in [3.8, 4) is 56.9 Å². The molecule has 0 saturated heterocycles. The van der Waals surface area contributed by atoms with Crippen LogP contribution in [-0.4, -0.2) is 52.9 Å². The molecule has 1 aromatic heterocycles. The molecule has 4 rings (SSSR count). The lowest BCUT2D eigenvalue weighted by Crippen LogP contribution is -2.34. The first-order valence-corrected chi connectivity index (χ1v) is 12.3. The maximum Gasteiger partial charge on any atom is 0.513 e. The summed E-state index contributed by atoms with van der Waals surface area (Å²) in [5.41, 5.74) is 4.65. The van der Waals surface area contributed by atoms with Gasteiger partial charge in [-0.15, -0.1) is 0 Å². The number of hydrogen-bond acceptors (Lipinski definition) is 8. The van der Waals surface area contributed by atoms with Crippen LogP contribution in [0, 0.1) is 6.92 Å². The molecule has 3 aromatic rings. The monoisotopic (exact) mass is 525 g/mol. The van der Waals surface area contributed by atoms with Gasteiger partial charge in [0.1, 0.15) is 0 Å². The molecule has 0 radical (unpaired) electrons. The smallest absolute Gasteiger partial charge is 0.493 e. The standard InChI is InChI=1S/C29H35NO8/c1-10-37-28(31)38-27-24(17-11-22(34-7)26(36-9)23(12-17)35-8)16(2)30-25(27)19-14-21(33-6)20(32-5)13-18(19)15-29(30,3)4/h11-14H,10,15H2,1-9H3. The second-order valence-corrected chi connectivity index (χ2v) is 9.53. The van der Waals surface area contributed by atoms with Crippen LogP contribution in [0.3, 0.4) is 0 Å². The molecule has 0 N–H and O–H groups in total. The summed E-state index contributed by atoms with van der Waals surface area (Å²) >= 11 is 0. The normalized spacial score (nSPS) is 13.2. The Labute approximate surface area is 223 Å². The van der Waals surface area contributed by atoms with E-state index in [0.717, 1.165) is 34.5 Å². The zero-order valence-corrected chi connectivity index (χ0v) is 23.4. The van der Waals surface area contributed by atoms with E-state index in [1.807, 2.05) is 31.2 Å². The highest BCUT2D eigenvalue weighted by Crippen LogP contribution is 2.54. The number of carbonyl (C=O) groups is 1. The predicted molar refractivity (Wildman–Crippen MR) is 143 cm³/mol. The molecule has 0 aliphatic carbocycles. The van der Waals surface area contributed by atoms with E-state index in [-0.39, 0.29) is 12.1 Å². The highest BCUT2D eigenvalue weighted by molar-refractivity contribution is 5.90. The third-order valence-electron chi connectivity index (χ3n) is 6.86. The highest BCUT2D eigenvalue weighted by Gasteiger charge is 2.39. The van der Waals surface area contributed by atoms with Crippen molar-refractivity contribution in [2.24, 2.45) is 0 Å². The molecule has 9 nitrogen and oxygen atoms in total. The number of hydrogen-bond donors (Lipinski definition) is 0. The summed E-state index contributed by atoms with van der Waals surface area (Å²) in [6.45, 7) is 8.22. The maximum atomic E-state index is 12.8. The van der Waals surface area contributed by atoms with E-state index in [9.17, 15) is 4.79 Å². The third-order valence-corrected chi connectivity index (χ3v) is 6.86. The van der Waals surface area contributed by atoms with Crippen molar-refractivity contribution in [3.63, 3.8) is 0 Å². The van der Waals surface area contributed by atoms with Gasteiger partial charge >= 0.3 is 6.16 Å². The van der Waals surface area contributed by atoms with Gasteiger partial charge in [0.2, 0.25) is 5.75 Å². The van der Waals surface area contributed by atoms with Crippen molar-refractivity contribution in [3.05, 3.63) is 35.5 Å². The molecule has 1 aliphatic heterocycles. The number of benzene rings is 2. The van der Waals surface area contributed by atoms with Crippen LogP contribution in [-0.2, 0) is 16.7 Å². The van der Waals surface area contributed by atoms with Crippen molar-refractivity contribution >= 4 is 6.16 Å². The molecule has 9 heteroatoms. The van der Waals surface area contributed by atoms with Crippen LogP contribution in [0.4, 0.5) is 4.79 Å². The Kier molecular flexibility index (Phi) is 7.40. The molecule has 1 aliphatic rings. The summed E-state index contributed by atoms with van der Waals surface area (Å²) in [6, 6.07) is 7.59. The zero-order valence-electron chi connectivity index (χ0n) is 23.4. The average Bonchev–Trinajstić information content (AvgIpc) is 3.19. The molecule has 38 heavy (non-hydrogen) atoms. The molecule has 204 valence electrons. The van der Waals surface area contributed by atoms with Gasteiger partial charge < -0.3 is 37.7 Å². The van der Waals surface area contributed by atoms with Gasteiger partial charge in [0.25, 0.3) is 0 Å². The fourth-order valence-electron chi connectivity index (χ4n) is 5.39. The van der Waals surface area contributed by atoms with E-state index in [4.69, 9.17) is 33.2 Å². The molecular weight excluding hydrogens is 490 g/mol. The fraction of sp³-hybridized carbons (Fsp3) is 0.414. The molecule has 0 fully saturated rings. The van der Waals surface area contributed by atoms with Crippen LogP contribution in [0.2, 0.25) is 0 Å². The third kappa shape index (κ3) is 4.36. The van der Waals surface area contributed by atoms with Gasteiger partial charge in [-0.25, -0.2) is 4.79 Å². The minimum absolute atomic E-state index is 0.181. The quantitative estimate of drug-likeness (QED) is 0.331. The lowest BCUT2D eigenvalue weighted by atomic mass is 9.85. The highest BCUT2D eigenvalue weighted by atomic mass is 16.7. The molecule has 0 atom stereocenters. The van der Waals surface area contributed by atoms with Gasteiger partial charge in [0.15, 0.2) is 28.7 Å². The van der Waals surface area contributed by atoms with Gasteiger partial charge in [0.05, 0.1) is 47.8 Å². The minimum Gasteiger partial charge on any atom is -0.493 e. The van der Waals surface area contributed by atoms with Crippen LogP contribution in [0.1, 0.15) is 32.0 Å². The van der Waals surface area contributed by atoms with E-state index < -0.39 is 6.16 Å². The fourth-order valence-corrected chi connectivity index (χ4v) is 5.39. The number of rotatable bonds is 8. The number of fused-ring (bicyclic) bond motifs is 3. The Morgan fingerprint density at radius 2 is 1.42 bits per heavy atom. The lowest BCUT2D eigenvalue weighted by molar-refractivity contribution is 0.104. The molecule has 0 amide bonds. The summed E-state index contributed by atoms with van der Waals surface area (Å²) in [5.74, 6) is 3.02. The first-order valence-electron chi connectivity index (χ1n) is 12.3. The van der Waals surface area contributed by atoms with E-state index in [1.54, 1.807) is 42.5 Å².